The van der Waals surface area contributed by atoms with Crippen LogP contribution in [0.2, 0.25) is 0 Å². The number of hydrogen-bond donors (Lipinski definition) is 2. The van der Waals surface area contributed by atoms with Crippen LogP contribution in [0.25, 0.3) is 0 Å². The summed E-state index contributed by atoms with van der Waals surface area (Å²) in [4.78, 5) is 20.8. The first-order valence-electron chi connectivity index (χ1n) is 11.1. The zero-order chi connectivity index (χ0) is 21.4. The highest BCUT2D eigenvalue weighted by Gasteiger charge is 2.39. The number of carbonyl (C=O) groups excluding carboxylic acids is 1. The summed E-state index contributed by atoms with van der Waals surface area (Å²) in [6.45, 7) is 5.71. The van der Waals surface area contributed by atoms with Gasteiger partial charge in [-0.25, -0.2) is 0 Å². The highest BCUT2D eigenvalue weighted by molar-refractivity contribution is 14.0. The van der Waals surface area contributed by atoms with Crippen molar-refractivity contribution >= 4 is 35.8 Å². The number of rotatable bonds is 7. The summed E-state index contributed by atoms with van der Waals surface area (Å²) in [7, 11) is 5.37. The maximum absolute atomic E-state index is 12.2. The molecule has 8 heteroatoms. The number of carbonyl (C=O) groups is 1. The van der Waals surface area contributed by atoms with E-state index >= 15 is 0 Å². The zero-order valence-corrected chi connectivity index (χ0v) is 21.5. The van der Waals surface area contributed by atoms with Crippen LogP contribution in [0, 0.1) is 0 Å². The third kappa shape index (κ3) is 7.05. The lowest BCUT2D eigenvalue weighted by molar-refractivity contribution is -0.0164. The molecule has 2 N–H and O–H groups in total. The van der Waals surface area contributed by atoms with Crippen molar-refractivity contribution in [2.45, 2.75) is 37.6 Å². The number of nitrogens with one attached hydrogen (secondary N) is 2. The Bertz CT molecular complexity index is 728. The van der Waals surface area contributed by atoms with Gasteiger partial charge in [-0.15, -0.1) is 24.0 Å². The number of guanidine groups is 1. The Balaban J connectivity index is 0.00000341. The van der Waals surface area contributed by atoms with Gasteiger partial charge in [0.05, 0.1) is 0 Å². The molecule has 1 aromatic rings. The molecular formula is C23H38IN5O2. The molecule has 1 amide bonds. The maximum atomic E-state index is 12.2. The molecule has 2 saturated heterocycles. The average molecular weight is 543 g/mol. The van der Waals surface area contributed by atoms with Crippen LogP contribution in [-0.2, 0) is 11.2 Å². The number of amides is 1. The number of aliphatic imine (C=N–C) groups is 1. The SMILES string of the molecule is CN=C(NCCc1cccc(C(=O)N(C)C)c1)NCC1(N2CCCC2)CCOCC1.I. The Hall–Kier alpha value is -1.39. The van der Waals surface area contributed by atoms with Crippen molar-refractivity contribution in [2.75, 3.05) is 60.5 Å². The number of benzene rings is 1. The molecule has 0 aliphatic carbocycles. The molecule has 2 aliphatic rings. The summed E-state index contributed by atoms with van der Waals surface area (Å²) < 4.78 is 5.65. The minimum Gasteiger partial charge on any atom is -0.381 e. The van der Waals surface area contributed by atoms with Gasteiger partial charge >= 0.3 is 0 Å². The van der Waals surface area contributed by atoms with Crippen LogP contribution in [0.3, 0.4) is 0 Å². The predicted octanol–water partition coefficient (Wildman–Crippen LogP) is 2.36. The van der Waals surface area contributed by atoms with E-state index in [-0.39, 0.29) is 35.4 Å². The monoisotopic (exact) mass is 543 g/mol. The molecule has 2 aliphatic heterocycles. The maximum Gasteiger partial charge on any atom is 0.253 e. The van der Waals surface area contributed by atoms with Crippen LogP contribution in [0.15, 0.2) is 29.3 Å². The van der Waals surface area contributed by atoms with E-state index in [0.717, 1.165) is 62.7 Å². The lowest BCUT2D eigenvalue weighted by Gasteiger charge is -2.45. The van der Waals surface area contributed by atoms with Crippen molar-refractivity contribution in [2.24, 2.45) is 4.99 Å². The minimum absolute atomic E-state index is 0. The summed E-state index contributed by atoms with van der Waals surface area (Å²) in [5, 5.41) is 7.00. The Morgan fingerprint density at radius 3 is 2.55 bits per heavy atom. The first-order valence-corrected chi connectivity index (χ1v) is 11.1. The number of nitrogens with zero attached hydrogens (tertiary/aromatic N) is 3. The molecule has 31 heavy (non-hydrogen) atoms. The van der Waals surface area contributed by atoms with Gasteiger partial charge < -0.3 is 20.3 Å². The third-order valence-electron chi connectivity index (χ3n) is 6.30. The molecule has 0 aromatic heterocycles. The van der Waals surface area contributed by atoms with Crippen LogP contribution in [-0.4, -0.2) is 87.7 Å². The molecule has 0 bridgehead atoms. The molecule has 0 spiro atoms. The molecule has 0 unspecified atom stereocenters. The quantitative estimate of drug-likeness (QED) is 0.314. The van der Waals surface area contributed by atoms with Gasteiger partial charge in [-0.1, -0.05) is 12.1 Å². The lowest BCUT2D eigenvalue weighted by Crippen LogP contribution is -2.58. The van der Waals surface area contributed by atoms with Crippen molar-refractivity contribution in [3.63, 3.8) is 0 Å². The third-order valence-corrected chi connectivity index (χ3v) is 6.30. The van der Waals surface area contributed by atoms with E-state index in [1.807, 2.05) is 25.2 Å². The Kier molecular flexibility index (Phi) is 10.5. The summed E-state index contributed by atoms with van der Waals surface area (Å²) in [5.74, 6) is 0.867. The van der Waals surface area contributed by atoms with E-state index in [0.29, 0.717) is 0 Å². The van der Waals surface area contributed by atoms with Crippen molar-refractivity contribution in [3.05, 3.63) is 35.4 Å². The molecule has 2 fully saturated rings. The van der Waals surface area contributed by atoms with Crippen molar-refractivity contribution in [3.8, 4) is 0 Å². The van der Waals surface area contributed by atoms with Crippen LogP contribution in [0.1, 0.15) is 41.6 Å². The van der Waals surface area contributed by atoms with Gasteiger partial charge in [-0.3, -0.25) is 14.7 Å². The number of ether oxygens (including phenoxy) is 1. The number of hydrogen-bond acceptors (Lipinski definition) is 4. The zero-order valence-electron chi connectivity index (χ0n) is 19.2. The molecule has 174 valence electrons. The summed E-state index contributed by atoms with van der Waals surface area (Å²) in [5.41, 5.74) is 2.04. The van der Waals surface area contributed by atoms with Crippen LogP contribution in [0.4, 0.5) is 0 Å². The van der Waals surface area contributed by atoms with E-state index in [2.05, 4.69) is 26.6 Å². The molecule has 2 heterocycles. The summed E-state index contributed by atoms with van der Waals surface area (Å²) in [6, 6.07) is 7.86. The first kappa shape index (κ1) is 25.9. The fourth-order valence-electron chi connectivity index (χ4n) is 4.46. The van der Waals surface area contributed by atoms with Gasteiger partial charge in [0.2, 0.25) is 0 Å². The fraction of sp³-hybridized carbons (Fsp3) is 0.652. The van der Waals surface area contributed by atoms with Gasteiger partial charge in [0.1, 0.15) is 0 Å². The molecule has 7 nitrogen and oxygen atoms in total. The molecule has 0 atom stereocenters. The normalized spacial score (nSPS) is 18.9. The number of halogens is 1. The Morgan fingerprint density at radius 2 is 1.90 bits per heavy atom. The van der Waals surface area contributed by atoms with E-state index in [1.54, 1.807) is 19.0 Å². The van der Waals surface area contributed by atoms with Crippen molar-refractivity contribution in [1.82, 2.24) is 20.4 Å². The highest BCUT2D eigenvalue weighted by Crippen LogP contribution is 2.30. The first-order chi connectivity index (χ1) is 14.5. The Morgan fingerprint density at radius 1 is 1.19 bits per heavy atom. The predicted molar refractivity (Wildman–Crippen MR) is 137 cm³/mol. The topological polar surface area (TPSA) is 69.2 Å². The Labute approximate surface area is 204 Å². The second-order valence-electron chi connectivity index (χ2n) is 8.53. The van der Waals surface area contributed by atoms with Gasteiger partial charge in [-0.2, -0.15) is 0 Å². The second-order valence-corrected chi connectivity index (χ2v) is 8.53. The average Bonchev–Trinajstić information content (AvgIpc) is 3.32. The van der Waals surface area contributed by atoms with Crippen molar-refractivity contribution < 1.29 is 9.53 Å². The fourth-order valence-corrected chi connectivity index (χ4v) is 4.46. The van der Waals surface area contributed by atoms with Crippen LogP contribution < -0.4 is 10.6 Å². The minimum atomic E-state index is 0. The van der Waals surface area contributed by atoms with Gasteiger partial charge in [0, 0.05) is 58.5 Å². The van der Waals surface area contributed by atoms with Crippen molar-refractivity contribution in [1.29, 1.82) is 0 Å². The lowest BCUT2D eigenvalue weighted by atomic mass is 9.88. The van der Waals surface area contributed by atoms with E-state index in [9.17, 15) is 4.79 Å². The number of likely N-dealkylation sites (tertiary alicyclic amines) is 1. The molecule has 1 aromatic carbocycles. The second kappa shape index (κ2) is 12.6. The molecule has 0 saturated carbocycles. The van der Waals surface area contributed by atoms with Crippen LogP contribution >= 0.6 is 24.0 Å². The standard InChI is InChI=1S/C23H37N5O2.HI/c1-24-22(25-12-9-19-7-6-8-20(17-19)21(29)27(2)3)26-18-23(10-15-30-16-11-23)28-13-4-5-14-28;/h6-8,17H,4-5,9-16,18H2,1-3H3,(H2,24,25,26);1H. The van der Waals surface area contributed by atoms with Gasteiger partial charge in [0.15, 0.2) is 5.96 Å². The molecule has 0 radical (unpaired) electrons. The largest absolute Gasteiger partial charge is 0.381 e. The van der Waals surface area contributed by atoms with E-state index in [1.165, 1.54) is 25.9 Å². The van der Waals surface area contributed by atoms with Crippen LogP contribution in [0.5, 0.6) is 0 Å². The summed E-state index contributed by atoms with van der Waals surface area (Å²) >= 11 is 0. The van der Waals surface area contributed by atoms with Gasteiger partial charge in [0.25, 0.3) is 5.91 Å². The molecular weight excluding hydrogens is 505 g/mol. The van der Waals surface area contributed by atoms with Gasteiger partial charge in [-0.05, 0) is 62.9 Å². The summed E-state index contributed by atoms with van der Waals surface area (Å²) in [6.07, 6.45) is 5.57. The smallest absolute Gasteiger partial charge is 0.253 e. The molecule has 3 rings (SSSR count). The highest BCUT2D eigenvalue weighted by atomic mass is 127. The van der Waals surface area contributed by atoms with E-state index in [4.69, 9.17) is 4.74 Å². The van der Waals surface area contributed by atoms with E-state index < -0.39 is 0 Å².